The van der Waals surface area contributed by atoms with Crippen LogP contribution in [0.3, 0.4) is 0 Å². The summed E-state index contributed by atoms with van der Waals surface area (Å²) in [6.07, 6.45) is -7.11. The SMILES string of the molecule is CC(C)(C)c1cn(-c2cc(C(F)(F)F)cc(C(F)(F)F)c2)cn1. The molecular weight excluding hydrogens is 322 g/mol. The van der Waals surface area contributed by atoms with E-state index in [9.17, 15) is 26.3 Å². The van der Waals surface area contributed by atoms with Crippen molar-refractivity contribution < 1.29 is 26.3 Å². The van der Waals surface area contributed by atoms with Gasteiger partial charge in [0.1, 0.15) is 0 Å². The lowest BCUT2D eigenvalue weighted by atomic mass is 9.93. The van der Waals surface area contributed by atoms with Gasteiger partial charge in [0.15, 0.2) is 0 Å². The first kappa shape index (κ1) is 17.4. The maximum absolute atomic E-state index is 12.9. The summed E-state index contributed by atoms with van der Waals surface area (Å²) < 4.78 is 78.3. The van der Waals surface area contributed by atoms with Gasteiger partial charge in [-0.2, -0.15) is 26.3 Å². The molecule has 0 unspecified atom stereocenters. The fraction of sp³-hybridized carbons (Fsp3) is 0.400. The van der Waals surface area contributed by atoms with Crippen molar-refractivity contribution >= 4 is 0 Å². The summed E-state index contributed by atoms with van der Waals surface area (Å²) in [7, 11) is 0. The minimum atomic E-state index is -4.87. The van der Waals surface area contributed by atoms with Gasteiger partial charge in [-0.25, -0.2) is 4.98 Å². The van der Waals surface area contributed by atoms with Crippen molar-refractivity contribution in [1.82, 2.24) is 9.55 Å². The first-order valence-electron chi connectivity index (χ1n) is 6.63. The van der Waals surface area contributed by atoms with Crippen LogP contribution in [0.5, 0.6) is 0 Å². The van der Waals surface area contributed by atoms with Crippen LogP contribution in [0.2, 0.25) is 0 Å². The number of aromatic nitrogens is 2. The van der Waals surface area contributed by atoms with Gasteiger partial charge in [0.05, 0.1) is 23.1 Å². The van der Waals surface area contributed by atoms with Gasteiger partial charge in [-0.05, 0) is 18.2 Å². The van der Waals surface area contributed by atoms with Gasteiger partial charge in [0.25, 0.3) is 0 Å². The van der Waals surface area contributed by atoms with Gasteiger partial charge < -0.3 is 4.57 Å². The number of nitrogens with zero attached hydrogens (tertiary/aromatic N) is 2. The molecule has 1 heterocycles. The summed E-state index contributed by atoms with van der Waals surface area (Å²) in [5.41, 5.74) is -2.76. The monoisotopic (exact) mass is 336 g/mol. The van der Waals surface area contributed by atoms with E-state index in [4.69, 9.17) is 0 Å². The van der Waals surface area contributed by atoms with Crippen LogP contribution in [-0.4, -0.2) is 9.55 Å². The highest BCUT2D eigenvalue weighted by Crippen LogP contribution is 2.37. The molecule has 0 spiro atoms. The van der Waals surface area contributed by atoms with Crippen molar-refractivity contribution in [1.29, 1.82) is 0 Å². The van der Waals surface area contributed by atoms with E-state index in [2.05, 4.69) is 4.98 Å². The maximum Gasteiger partial charge on any atom is 0.416 e. The fourth-order valence-corrected chi connectivity index (χ4v) is 1.94. The summed E-state index contributed by atoms with van der Waals surface area (Å²) in [6.45, 7) is 5.52. The van der Waals surface area contributed by atoms with Crippen molar-refractivity contribution in [3.05, 3.63) is 47.5 Å². The lowest BCUT2D eigenvalue weighted by Gasteiger charge is -2.15. The van der Waals surface area contributed by atoms with E-state index in [1.807, 2.05) is 20.8 Å². The third kappa shape index (κ3) is 3.86. The minimum Gasteiger partial charge on any atom is -0.306 e. The molecule has 2 aromatic rings. The van der Waals surface area contributed by atoms with E-state index in [-0.39, 0.29) is 17.2 Å². The van der Waals surface area contributed by atoms with Crippen LogP contribution < -0.4 is 0 Å². The molecule has 126 valence electrons. The molecule has 0 atom stereocenters. The zero-order valence-corrected chi connectivity index (χ0v) is 12.5. The molecule has 0 radical (unpaired) electrons. The van der Waals surface area contributed by atoms with Crippen molar-refractivity contribution in [3.63, 3.8) is 0 Å². The molecule has 2 rings (SSSR count). The Balaban J connectivity index is 2.60. The predicted molar refractivity (Wildman–Crippen MR) is 72.3 cm³/mol. The van der Waals surface area contributed by atoms with Crippen LogP contribution in [0.4, 0.5) is 26.3 Å². The van der Waals surface area contributed by atoms with E-state index in [1.165, 1.54) is 12.5 Å². The summed E-state index contributed by atoms with van der Waals surface area (Å²) in [5, 5.41) is 0. The lowest BCUT2D eigenvalue weighted by molar-refractivity contribution is -0.143. The molecule has 2 nitrogen and oxygen atoms in total. The average Bonchev–Trinajstić information content (AvgIpc) is 2.85. The standard InChI is InChI=1S/C15H14F6N2/c1-13(2,3)12-7-23(8-22-12)11-5-9(14(16,17)18)4-10(6-11)15(19,20)21/h4-8H,1-3H3. The molecule has 0 N–H and O–H groups in total. The Bertz CT molecular complexity index is 672. The molecule has 0 saturated heterocycles. The predicted octanol–water partition coefficient (Wildman–Crippen LogP) is 5.21. The lowest BCUT2D eigenvalue weighted by Crippen LogP contribution is -2.12. The highest BCUT2D eigenvalue weighted by atomic mass is 19.4. The molecule has 8 heteroatoms. The first-order valence-corrected chi connectivity index (χ1v) is 6.63. The van der Waals surface area contributed by atoms with Crippen LogP contribution in [0.25, 0.3) is 5.69 Å². The molecule has 0 amide bonds. The summed E-state index contributed by atoms with van der Waals surface area (Å²) in [5.74, 6) is 0. The molecule has 0 aliphatic rings. The Hall–Kier alpha value is -1.99. The van der Waals surface area contributed by atoms with Crippen LogP contribution in [-0.2, 0) is 17.8 Å². The van der Waals surface area contributed by atoms with Crippen LogP contribution in [0, 0.1) is 0 Å². The number of hydrogen-bond donors (Lipinski definition) is 0. The van der Waals surface area contributed by atoms with Crippen LogP contribution >= 0.6 is 0 Å². The molecule has 0 fully saturated rings. The Labute approximate surface area is 128 Å². The molecule has 0 saturated carbocycles. The fourth-order valence-electron chi connectivity index (χ4n) is 1.94. The Kier molecular flexibility index (Phi) is 3.99. The Morgan fingerprint density at radius 2 is 1.30 bits per heavy atom. The molecule has 1 aromatic carbocycles. The number of benzene rings is 1. The van der Waals surface area contributed by atoms with Gasteiger partial charge in [-0.1, -0.05) is 20.8 Å². The van der Waals surface area contributed by atoms with E-state index in [1.54, 1.807) is 0 Å². The van der Waals surface area contributed by atoms with E-state index in [0.29, 0.717) is 17.8 Å². The summed E-state index contributed by atoms with van der Waals surface area (Å²) in [4.78, 5) is 4.05. The summed E-state index contributed by atoms with van der Waals surface area (Å²) in [6, 6.07) is 1.44. The second-order valence-electron chi connectivity index (χ2n) is 6.18. The number of rotatable bonds is 1. The van der Waals surface area contributed by atoms with E-state index >= 15 is 0 Å². The first-order chi connectivity index (χ1) is 10.3. The maximum atomic E-state index is 12.9. The average molecular weight is 336 g/mol. The third-order valence-corrected chi connectivity index (χ3v) is 3.22. The molecule has 0 aliphatic heterocycles. The van der Waals surface area contributed by atoms with Gasteiger partial charge in [0, 0.05) is 17.3 Å². The number of hydrogen-bond acceptors (Lipinski definition) is 1. The number of alkyl halides is 6. The molecular formula is C15H14F6N2. The zero-order chi connectivity index (χ0) is 17.6. The highest BCUT2D eigenvalue weighted by molar-refractivity contribution is 5.43. The van der Waals surface area contributed by atoms with Crippen molar-refractivity contribution in [2.24, 2.45) is 0 Å². The molecule has 23 heavy (non-hydrogen) atoms. The van der Waals surface area contributed by atoms with Gasteiger partial charge in [-0.15, -0.1) is 0 Å². The van der Waals surface area contributed by atoms with Crippen molar-refractivity contribution in [2.75, 3.05) is 0 Å². The Morgan fingerprint density at radius 1 is 0.826 bits per heavy atom. The smallest absolute Gasteiger partial charge is 0.306 e. The third-order valence-electron chi connectivity index (χ3n) is 3.22. The molecule has 0 aliphatic carbocycles. The number of imidazole rings is 1. The second kappa shape index (κ2) is 5.28. The highest BCUT2D eigenvalue weighted by Gasteiger charge is 2.37. The minimum absolute atomic E-state index is 0.102. The van der Waals surface area contributed by atoms with Gasteiger partial charge in [0.2, 0.25) is 0 Å². The van der Waals surface area contributed by atoms with Crippen molar-refractivity contribution in [2.45, 2.75) is 38.5 Å². The van der Waals surface area contributed by atoms with Crippen LogP contribution in [0.15, 0.2) is 30.7 Å². The zero-order valence-electron chi connectivity index (χ0n) is 12.5. The Morgan fingerprint density at radius 3 is 1.65 bits per heavy atom. The second-order valence-corrected chi connectivity index (χ2v) is 6.18. The topological polar surface area (TPSA) is 17.8 Å². The summed E-state index contributed by atoms with van der Waals surface area (Å²) >= 11 is 0. The van der Waals surface area contributed by atoms with Crippen LogP contribution in [0.1, 0.15) is 37.6 Å². The normalized spacial score (nSPS) is 13.4. The van der Waals surface area contributed by atoms with Crippen molar-refractivity contribution in [3.8, 4) is 5.69 Å². The quantitative estimate of drug-likeness (QED) is 0.654. The largest absolute Gasteiger partial charge is 0.416 e. The van der Waals surface area contributed by atoms with E-state index < -0.39 is 23.5 Å². The van der Waals surface area contributed by atoms with Gasteiger partial charge in [-0.3, -0.25) is 0 Å². The molecule has 1 aromatic heterocycles. The molecule has 0 bridgehead atoms. The van der Waals surface area contributed by atoms with E-state index in [0.717, 1.165) is 4.57 Å². The van der Waals surface area contributed by atoms with Gasteiger partial charge >= 0.3 is 12.4 Å². The number of halogens is 6.